The molecule has 4 rings (SSSR count). The number of esters is 1. The molecule has 7 nitrogen and oxygen atoms in total. The summed E-state index contributed by atoms with van der Waals surface area (Å²) in [5.74, 6) is -2.27. The highest BCUT2D eigenvalue weighted by atomic mass is 35.5. The van der Waals surface area contributed by atoms with E-state index in [1.165, 1.54) is 31.1 Å². The fraction of sp³-hybridized carbons (Fsp3) is 0.179. The van der Waals surface area contributed by atoms with Gasteiger partial charge in [0.1, 0.15) is 17.3 Å². The Morgan fingerprint density at radius 2 is 1.59 bits per heavy atom. The van der Waals surface area contributed by atoms with E-state index in [4.69, 9.17) is 32.7 Å². The van der Waals surface area contributed by atoms with Crippen LogP contribution < -0.4 is 14.4 Å². The van der Waals surface area contributed by atoms with Crippen molar-refractivity contribution in [3.8, 4) is 11.5 Å². The van der Waals surface area contributed by atoms with Crippen LogP contribution in [-0.2, 0) is 14.4 Å². The molecule has 1 heterocycles. The average Bonchev–Trinajstić information content (AvgIpc) is 3.08. The fourth-order valence-corrected chi connectivity index (χ4v) is 5.05. The van der Waals surface area contributed by atoms with Gasteiger partial charge in [0.05, 0.1) is 29.3 Å². The maximum absolute atomic E-state index is 13.5. The molecule has 1 N–H and O–H groups in total. The van der Waals surface area contributed by atoms with E-state index < -0.39 is 29.5 Å². The van der Waals surface area contributed by atoms with Crippen LogP contribution in [0.1, 0.15) is 35.2 Å². The molecule has 1 unspecified atom stereocenters. The number of halogens is 2. The molecule has 3 aromatic carbocycles. The Morgan fingerprint density at radius 3 is 2.16 bits per heavy atom. The molecule has 190 valence electrons. The molecule has 0 aromatic heterocycles. The minimum Gasteiger partial charge on any atom is -0.507 e. The SMILES string of the molecule is COc1c(Cl)cc(Cl)cc1/C(O)=C1\C(=O)C(=O)N(c2cc(C)cc(C)c2)C1c1ccc(OC(C)=O)cc1. The average molecular weight is 540 g/mol. The van der Waals surface area contributed by atoms with Crippen LogP contribution in [-0.4, -0.2) is 29.9 Å². The Morgan fingerprint density at radius 1 is 0.973 bits per heavy atom. The predicted octanol–water partition coefficient (Wildman–Crippen LogP) is 6.17. The number of carbonyl (C=O) groups excluding carboxylic acids is 3. The van der Waals surface area contributed by atoms with Gasteiger partial charge in [-0.2, -0.15) is 0 Å². The van der Waals surface area contributed by atoms with Crippen LogP contribution in [0.2, 0.25) is 10.0 Å². The van der Waals surface area contributed by atoms with E-state index in [0.717, 1.165) is 11.1 Å². The zero-order valence-corrected chi connectivity index (χ0v) is 22.0. The van der Waals surface area contributed by atoms with Gasteiger partial charge >= 0.3 is 5.97 Å². The van der Waals surface area contributed by atoms with Gasteiger partial charge in [-0.3, -0.25) is 19.3 Å². The molecule has 3 aromatic rings. The maximum atomic E-state index is 13.5. The Hall–Kier alpha value is -3.81. The summed E-state index contributed by atoms with van der Waals surface area (Å²) in [5, 5.41) is 11.8. The van der Waals surface area contributed by atoms with E-state index in [9.17, 15) is 19.5 Å². The highest BCUT2D eigenvalue weighted by Crippen LogP contribution is 2.45. The number of nitrogens with zero attached hydrogens (tertiary/aromatic N) is 1. The number of anilines is 1. The van der Waals surface area contributed by atoms with Crippen LogP contribution in [0.25, 0.3) is 5.76 Å². The van der Waals surface area contributed by atoms with Crippen LogP contribution in [0.4, 0.5) is 5.69 Å². The molecule has 1 amide bonds. The van der Waals surface area contributed by atoms with E-state index in [0.29, 0.717) is 17.0 Å². The van der Waals surface area contributed by atoms with E-state index in [1.807, 2.05) is 19.9 Å². The molecule has 0 spiro atoms. The molecular formula is C28H23Cl2NO6. The number of ketones is 1. The number of hydrogen-bond donors (Lipinski definition) is 1. The summed E-state index contributed by atoms with van der Waals surface area (Å²) in [7, 11) is 1.37. The Labute approximate surface area is 223 Å². The lowest BCUT2D eigenvalue weighted by Gasteiger charge is -2.26. The molecule has 0 bridgehead atoms. The molecular weight excluding hydrogens is 517 g/mol. The first-order chi connectivity index (χ1) is 17.5. The van der Waals surface area contributed by atoms with Crippen molar-refractivity contribution < 1.29 is 29.0 Å². The second-order valence-electron chi connectivity index (χ2n) is 8.65. The first-order valence-corrected chi connectivity index (χ1v) is 12.0. The summed E-state index contributed by atoms with van der Waals surface area (Å²) in [6.07, 6.45) is 0. The topological polar surface area (TPSA) is 93.1 Å². The monoisotopic (exact) mass is 539 g/mol. The minimum absolute atomic E-state index is 0.0694. The lowest BCUT2D eigenvalue weighted by atomic mass is 9.94. The van der Waals surface area contributed by atoms with Crippen LogP contribution >= 0.6 is 23.2 Å². The van der Waals surface area contributed by atoms with E-state index in [2.05, 4.69) is 0 Å². The maximum Gasteiger partial charge on any atom is 0.308 e. The number of Topliss-reactive ketones (excluding diaryl/α,β-unsaturated/α-hetero) is 1. The quantitative estimate of drug-likeness (QED) is 0.137. The van der Waals surface area contributed by atoms with E-state index >= 15 is 0 Å². The van der Waals surface area contributed by atoms with Crippen molar-refractivity contribution in [2.24, 2.45) is 0 Å². The van der Waals surface area contributed by atoms with Crippen molar-refractivity contribution in [1.82, 2.24) is 0 Å². The molecule has 1 fully saturated rings. The number of aliphatic hydroxyl groups excluding tert-OH is 1. The van der Waals surface area contributed by atoms with Gasteiger partial charge in [-0.05, 0) is 66.9 Å². The Bertz CT molecular complexity index is 1440. The second-order valence-corrected chi connectivity index (χ2v) is 9.49. The third kappa shape index (κ3) is 5.05. The first-order valence-electron chi connectivity index (χ1n) is 11.2. The number of carbonyl (C=O) groups is 3. The minimum atomic E-state index is -1.00. The lowest BCUT2D eigenvalue weighted by Crippen LogP contribution is -2.29. The number of aliphatic hydroxyl groups is 1. The molecule has 1 saturated heterocycles. The van der Waals surface area contributed by atoms with Crippen molar-refractivity contribution in [3.05, 3.63) is 92.5 Å². The standard InChI is InChI=1S/C28H23Cl2NO6/c1-14-9-15(2)11-19(10-14)31-24(17-5-7-20(8-6-17)37-16(3)32)23(26(34)28(31)35)25(33)21-12-18(29)13-22(30)27(21)36-4/h5-13,24,33H,1-4H3/b25-23+. The van der Waals surface area contributed by atoms with Crippen LogP contribution in [0, 0.1) is 13.8 Å². The molecule has 0 radical (unpaired) electrons. The highest BCUT2D eigenvalue weighted by molar-refractivity contribution is 6.52. The summed E-state index contributed by atoms with van der Waals surface area (Å²) in [5.41, 5.74) is 2.68. The van der Waals surface area contributed by atoms with Crippen LogP contribution in [0.15, 0.2) is 60.2 Å². The molecule has 37 heavy (non-hydrogen) atoms. The van der Waals surface area contributed by atoms with Gasteiger partial charge in [-0.25, -0.2) is 0 Å². The smallest absolute Gasteiger partial charge is 0.308 e. The van der Waals surface area contributed by atoms with Crippen molar-refractivity contribution in [3.63, 3.8) is 0 Å². The molecule has 0 aliphatic carbocycles. The van der Waals surface area contributed by atoms with Crippen LogP contribution in [0.3, 0.4) is 0 Å². The summed E-state index contributed by atoms with van der Waals surface area (Å²) >= 11 is 12.5. The Kier molecular flexibility index (Phi) is 7.30. The molecule has 1 aliphatic heterocycles. The van der Waals surface area contributed by atoms with Gasteiger partial charge in [0.25, 0.3) is 11.7 Å². The normalized spacial score (nSPS) is 16.7. The van der Waals surface area contributed by atoms with E-state index in [-0.39, 0.29) is 26.9 Å². The largest absolute Gasteiger partial charge is 0.507 e. The van der Waals surface area contributed by atoms with Gasteiger partial charge in [-0.1, -0.05) is 41.4 Å². The zero-order chi connectivity index (χ0) is 27.0. The van der Waals surface area contributed by atoms with Gasteiger partial charge < -0.3 is 14.6 Å². The van der Waals surface area contributed by atoms with Crippen molar-refractivity contribution in [2.75, 3.05) is 12.0 Å². The number of amides is 1. The number of aryl methyl sites for hydroxylation is 2. The highest BCUT2D eigenvalue weighted by Gasteiger charge is 2.47. The molecule has 1 aliphatic rings. The number of benzene rings is 3. The van der Waals surface area contributed by atoms with Gasteiger partial charge in [-0.15, -0.1) is 0 Å². The predicted molar refractivity (Wildman–Crippen MR) is 141 cm³/mol. The number of methoxy groups -OCH3 is 1. The van der Waals surface area contributed by atoms with Crippen molar-refractivity contribution in [1.29, 1.82) is 0 Å². The van der Waals surface area contributed by atoms with E-state index in [1.54, 1.807) is 36.4 Å². The first kappa shape index (κ1) is 26.3. The molecule has 1 atom stereocenters. The summed E-state index contributed by atoms with van der Waals surface area (Å²) in [6, 6.07) is 13.7. The van der Waals surface area contributed by atoms with Crippen LogP contribution in [0.5, 0.6) is 11.5 Å². The summed E-state index contributed by atoms with van der Waals surface area (Å²) in [6.45, 7) is 5.05. The van der Waals surface area contributed by atoms with Crippen molar-refractivity contribution >= 4 is 52.3 Å². The van der Waals surface area contributed by atoms with Crippen molar-refractivity contribution in [2.45, 2.75) is 26.8 Å². The van der Waals surface area contributed by atoms with Gasteiger partial charge in [0, 0.05) is 17.6 Å². The summed E-state index contributed by atoms with van der Waals surface area (Å²) < 4.78 is 10.5. The second kappa shape index (κ2) is 10.3. The number of hydrogen-bond acceptors (Lipinski definition) is 6. The number of rotatable bonds is 5. The van der Waals surface area contributed by atoms with Gasteiger partial charge in [0.2, 0.25) is 0 Å². The summed E-state index contributed by atoms with van der Waals surface area (Å²) in [4.78, 5) is 39.6. The Balaban J connectivity index is 1.99. The molecule has 0 saturated carbocycles. The van der Waals surface area contributed by atoms with Gasteiger partial charge in [0.15, 0.2) is 0 Å². The zero-order valence-electron chi connectivity index (χ0n) is 20.5. The lowest BCUT2D eigenvalue weighted by molar-refractivity contribution is -0.132. The molecule has 9 heteroatoms. The number of ether oxygens (including phenoxy) is 2. The third-order valence-electron chi connectivity index (χ3n) is 5.85. The fourth-order valence-electron chi connectivity index (χ4n) is 4.48. The third-order valence-corrected chi connectivity index (χ3v) is 6.35.